The molecule has 2 fully saturated rings. The van der Waals surface area contributed by atoms with E-state index in [1.54, 1.807) is 27.4 Å². The molecule has 3 rings (SSSR count). The van der Waals surface area contributed by atoms with Crippen LogP contribution in [0.1, 0.15) is 23.6 Å². The van der Waals surface area contributed by atoms with Crippen LogP contribution in [0.25, 0.3) is 0 Å². The second kappa shape index (κ2) is 8.39. The molecule has 1 aromatic heterocycles. The zero-order chi connectivity index (χ0) is 17.9. The zero-order valence-electron chi connectivity index (χ0n) is 14.5. The maximum Gasteiger partial charge on any atom is 0.234 e. The smallest absolute Gasteiger partial charge is 0.234 e. The van der Waals surface area contributed by atoms with E-state index in [0.29, 0.717) is 25.3 Å². The molecule has 25 heavy (non-hydrogen) atoms. The van der Waals surface area contributed by atoms with Crippen molar-refractivity contribution >= 4 is 39.0 Å². The second-order valence-corrected chi connectivity index (χ2v) is 10.6. The molecule has 2 saturated heterocycles. The molecule has 0 saturated carbocycles. The van der Waals surface area contributed by atoms with Crippen molar-refractivity contribution in [3.63, 3.8) is 0 Å². The number of nitrogens with zero attached hydrogens (tertiary/aromatic N) is 2. The lowest BCUT2D eigenvalue weighted by molar-refractivity contribution is -0.903. The standard InChI is InChI=1S/C16H25N3O3S3/c1-2-12-25(21,22)18-8-5-17(6-9-18)7-10-19-15(20)13-24-16(19)14-4-3-11-23-14/h3-4,11,16H,2,5-10,12-13H2,1H3/p+1/t16-/m1/s1. The van der Waals surface area contributed by atoms with E-state index in [2.05, 4.69) is 11.4 Å². The minimum atomic E-state index is -3.08. The highest BCUT2D eigenvalue weighted by molar-refractivity contribution is 8.00. The summed E-state index contributed by atoms with van der Waals surface area (Å²) in [6.07, 6.45) is 0.661. The van der Waals surface area contributed by atoms with Gasteiger partial charge < -0.3 is 9.80 Å². The molecule has 1 aromatic rings. The monoisotopic (exact) mass is 404 g/mol. The number of thiophene rings is 1. The van der Waals surface area contributed by atoms with Gasteiger partial charge in [-0.05, 0) is 17.9 Å². The van der Waals surface area contributed by atoms with Gasteiger partial charge in [0.2, 0.25) is 15.9 Å². The Bertz CT molecular complexity index is 670. The molecule has 0 unspecified atom stereocenters. The summed E-state index contributed by atoms with van der Waals surface area (Å²) in [5.74, 6) is 1.01. The highest BCUT2D eigenvalue weighted by atomic mass is 32.2. The van der Waals surface area contributed by atoms with Crippen molar-refractivity contribution in [3.8, 4) is 0 Å². The van der Waals surface area contributed by atoms with Crippen molar-refractivity contribution in [2.24, 2.45) is 0 Å². The van der Waals surface area contributed by atoms with Crippen LogP contribution in [-0.4, -0.2) is 74.3 Å². The van der Waals surface area contributed by atoms with Crippen LogP contribution >= 0.6 is 23.1 Å². The van der Waals surface area contributed by atoms with Gasteiger partial charge in [-0.2, -0.15) is 4.31 Å². The van der Waals surface area contributed by atoms with Crippen molar-refractivity contribution in [1.82, 2.24) is 9.21 Å². The van der Waals surface area contributed by atoms with Gasteiger partial charge in [0.1, 0.15) is 5.37 Å². The summed E-state index contributed by atoms with van der Waals surface area (Å²) >= 11 is 3.40. The van der Waals surface area contributed by atoms with Gasteiger partial charge in [-0.3, -0.25) is 4.79 Å². The average Bonchev–Trinajstić information content (AvgIpc) is 3.23. The fourth-order valence-electron chi connectivity index (χ4n) is 3.36. The van der Waals surface area contributed by atoms with Gasteiger partial charge in [-0.25, -0.2) is 8.42 Å². The summed E-state index contributed by atoms with van der Waals surface area (Å²) in [4.78, 5) is 16.8. The maximum absolute atomic E-state index is 12.2. The molecule has 2 aliphatic rings. The normalized spacial score (nSPS) is 23.5. The first-order chi connectivity index (χ1) is 12.0. The number of rotatable bonds is 7. The van der Waals surface area contributed by atoms with Crippen LogP contribution in [0.4, 0.5) is 0 Å². The van der Waals surface area contributed by atoms with Crippen molar-refractivity contribution in [2.45, 2.75) is 18.7 Å². The summed E-state index contributed by atoms with van der Waals surface area (Å²) in [6, 6.07) is 4.13. The van der Waals surface area contributed by atoms with Crippen molar-refractivity contribution in [2.75, 3.05) is 50.8 Å². The Kier molecular flexibility index (Phi) is 6.43. The average molecular weight is 405 g/mol. The molecule has 140 valence electrons. The molecular weight excluding hydrogens is 378 g/mol. The number of hydrogen-bond donors (Lipinski definition) is 1. The predicted molar refractivity (Wildman–Crippen MR) is 102 cm³/mol. The molecule has 9 heteroatoms. The van der Waals surface area contributed by atoms with E-state index < -0.39 is 10.0 Å². The van der Waals surface area contributed by atoms with Gasteiger partial charge in [-0.15, -0.1) is 23.1 Å². The molecule has 0 radical (unpaired) electrons. The first-order valence-corrected chi connectivity index (χ1v) is 12.3. The molecule has 0 bridgehead atoms. The number of thioether (sulfide) groups is 1. The number of amides is 1. The van der Waals surface area contributed by atoms with Gasteiger partial charge in [0.15, 0.2) is 0 Å². The second-order valence-electron chi connectivity index (χ2n) is 6.48. The van der Waals surface area contributed by atoms with E-state index >= 15 is 0 Å². The number of nitrogens with one attached hydrogen (secondary N) is 1. The van der Waals surface area contributed by atoms with E-state index in [1.807, 2.05) is 17.9 Å². The van der Waals surface area contributed by atoms with Gasteiger partial charge in [0.25, 0.3) is 0 Å². The fraction of sp³-hybridized carbons (Fsp3) is 0.688. The molecule has 1 amide bonds. The van der Waals surface area contributed by atoms with E-state index in [-0.39, 0.29) is 17.0 Å². The minimum Gasteiger partial charge on any atom is -0.331 e. The van der Waals surface area contributed by atoms with Gasteiger partial charge in [0, 0.05) is 4.88 Å². The fourth-order valence-corrected chi connectivity index (χ4v) is 7.07. The number of carbonyl (C=O) groups excluding carboxylic acids is 1. The lowest BCUT2D eigenvalue weighted by Crippen LogP contribution is -3.15. The summed E-state index contributed by atoms with van der Waals surface area (Å²) in [5.41, 5.74) is 0. The number of sulfonamides is 1. The quantitative estimate of drug-likeness (QED) is 0.708. The summed E-state index contributed by atoms with van der Waals surface area (Å²) in [7, 11) is -3.08. The highest BCUT2D eigenvalue weighted by Crippen LogP contribution is 2.40. The van der Waals surface area contributed by atoms with E-state index in [0.717, 1.165) is 26.2 Å². The predicted octanol–water partition coefficient (Wildman–Crippen LogP) is 0.262. The van der Waals surface area contributed by atoms with E-state index in [4.69, 9.17) is 0 Å². The molecule has 2 aliphatic heterocycles. The van der Waals surface area contributed by atoms with Crippen LogP contribution < -0.4 is 4.90 Å². The summed E-state index contributed by atoms with van der Waals surface area (Å²) in [5, 5.41) is 2.20. The Morgan fingerprint density at radius 2 is 2.08 bits per heavy atom. The first kappa shape index (κ1) is 19.2. The van der Waals surface area contributed by atoms with Crippen LogP contribution in [0.3, 0.4) is 0 Å². The number of piperazine rings is 1. The van der Waals surface area contributed by atoms with Crippen LogP contribution in [0.2, 0.25) is 0 Å². The van der Waals surface area contributed by atoms with Crippen molar-refractivity contribution < 1.29 is 18.1 Å². The molecule has 0 aromatic carbocycles. The Morgan fingerprint density at radius 1 is 1.32 bits per heavy atom. The van der Waals surface area contributed by atoms with Gasteiger partial charge >= 0.3 is 0 Å². The van der Waals surface area contributed by atoms with Crippen molar-refractivity contribution in [1.29, 1.82) is 0 Å². The summed E-state index contributed by atoms with van der Waals surface area (Å²) < 4.78 is 25.9. The number of carbonyl (C=O) groups is 1. The first-order valence-electron chi connectivity index (χ1n) is 8.77. The largest absolute Gasteiger partial charge is 0.331 e. The minimum absolute atomic E-state index is 0.151. The zero-order valence-corrected chi connectivity index (χ0v) is 17.0. The van der Waals surface area contributed by atoms with Gasteiger partial charge in [0.05, 0.1) is 50.8 Å². The summed E-state index contributed by atoms with van der Waals surface area (Å²) in [6.45, 7) is 6.35. The van der Waals surface area contributed by atoms with E-state index in [1.165, 1.54) is 9.78 Å². The molecular formula is C16H26N3O3S3+. The lowest BCUT2D eigenvalue weighted by atomic mass is 10.3. The molecule has 3 heterocycles. The molecule has 1 N–H and O–H groups in total. The Morgan fingerprint density at radius 3 is 2.72 bits per heavy atom. The van der Waals surface area contributed by atoms with Crippen LogP contribution in [-0.2, 0) is 14.8 Å². The van der Waals surface area contributed by atoms with E-state index in [9.17, 15) is 13.2 Å². The maximum atomic E-state index is 12.2. The lowest BCUT2D eigenvalue weighted by Gasteiger charge is -2.33. The Balaban J connectivity index is 1.50. The number of hydrogen-bond acceptors (Lipinski definition) is 5. The Hall–Kier alpha value is -0.610. The van der Waals surface area contributed by atoms with Crippen molar-refractivity contribution in [3.05, 3.63) is 22.4 Å². The Labute approximate surface area is 158 Å². The highest BCUT2D eigenvalue weighted by Gasteiger charge is 2.35. The SMILES string of the molecule is CCCS(=O)(=O)N1CC[NH+](CCN2C(=O)CS[C@@H]2c2cccs2)CC1. The van der Waals surface area contributed by atoms with Crippen LogP contribution in [0.15, 0.2) is 17.5 Å². The topological polar surface area (TPSA) is 62.1 Å². The number of quaternary nitrogens is 1. The van der Waals surface area contributed by atoms with Gasteiger partial charge in [-0.1, -0.05) is 13.0 Å². The van der Waals surface area contributed by atoms with Crippen LogP contribution in [0.5, 0.6) is 0 Å². The molecule has 0 spiro atoms. The third kappa shape index (κ3) is 4.57. The molecule has 0 aliphatic carbocycles. The third-order valence-corrected chi connectivity index (χ3v) is 9.13. The molecule has 1 atom stereocenters. The van der Waals surface area contributed by atoms with Crippen LogP contribution in [0, 0.1) is 0 Å². The molecule has 6 nitrogen and oxygen atoms in total. The third-order valence-electron chi connectivity index (χ3n) is 4.75.